The smallest absolute Gasteiger partial charge is 0.251 e. The summed E-state index contributed by atoms with van der Waals surface area (Å²) in [5, 5.41) is 3.51. The Bertz CT molecular complexity index is 639. The highest BCUT2D eigenvalue weighted by Gasteiger charge is 2.07. The van der Waals surface area contributed by atoms with E-state index in [0.29, 0.717) is 5.69 Å². The number of hydrogen-bond donors (Lipinski definition) is 0. The molecule has 0 spiro atoms. The van der Waals surface area contributed by atoms with Crippen molar-refractivity contribution in [3.05, 3.63) is 75.0 Å². The molecule has 2 rings (SSSR count). The molecule has 0 radical (unpaired) electrons. The number of azide groups is 1. The Balaban J connectivity index is 2.34. The molecule has 1 unspecified atom stereocenters. The Kier molecular flexibility index (Phi) is 3.46. The van der Waals surface area contributed by atoms with Crippen LogP contribution in [0.3, 0.4) is 0 Å². The summed E-state index contributed by atoms with van der Waals surface area (Å²) in [5.41, 5.74) is 9.84. The fourth-order valence-electron chi connectivity index (χ4n) is 1.79. The minimum atomic E-state index is -0.0567. The van der Waals surface area contributed by atoms with E-state index < -0.39 is 0 Å². The standard InChI is InChI=1S/C13H12N4O/c1-10(17-9-3-2-4-13(17)18)11-5-7-12(8-6-11)15-16-14/h2-10H,1H3. The van der Waals surface area contributed by atoms with Gasteiger partial charge in [-0.2, -0.15) is 0 Å². The molecule has 2 aromatic rings. The second-order valence-electron chi connectivity index (χ2n) is 3.90. The number of rotatable bonds is 3. The van der Waals surface area contributed by atoms with Gasteiger partial charge in [-0.15, -0.1) is 0 Å². The Hall–Kier alpha value is -2.52. The molecule has 5 heteroatoms. The van der Waals surface area contributed by atoms with Crippen molar-refractivity contribution in [2.24, 2.45) is 5.11 Å². The first-order valence-electron chi connectivity index (χ1n) is 5.54. The molecule has 1 heterocycles. The van der Waals surface area contributed by atoms with Gasteiger partial charge in [-0.1, -0.05) is 35.4 Å². The van der Waals surface area contributed by atoms with Crippen LogP contribution in [0.2, 0.25) is 0 Å². The second-order valence-corrected chi connectivity index (χ2v) is 3.90. The molecule has 0 amide bonds. The summed E-state index contributed by atoms with van der Waals surface area (Å²) in [4.78, 5) is 14.4. The van der Waals surface area contributed by atoms with Crippen molar-refractivity contribution in [3.63, 3.8) is 0 Å². The third kappa shape index (κ3) is 2.42. The van der Waals surface area contributed by atoms with Gasteiger partial charge in [-0.3, -0.25) is 4.79 Å². The SMILES string of the molecule is CC(c1ccc(N=[N+]=[N-])cc1)n1ccccc1=O. The van der Waals surface area contributed by atoms with E-state index in [2.05, 4.69) is 10.0 Å². The normalized spacial score (nSPS) is 11.6. The van der Waals surface area contributed by atoms with Crippen molar-refractivity contribution in [2.75, 3.05) is 0 Å². The van der Waals surface area contributed by atoms with Gasteiger partial charge < -0.3 is 4.57 Å². The maximum Gasteiger partial charge on any atom is 0.251 e. The van der Waals surface area contributed by atoms with Crippen LogP contribution in [-0.4, -0.2) is 4.57 Å². The highest BCUT2D eigenvalue weighted by Crippen LogP contribution is 2.20. The Morgan fingerprint density at radius 1 is 1.22 bits per heavy atom. The molecule has 0 N–H and O–H groups in total. The molecule has 5 nitrogen and oxygen atoms in total. The van der Waals surface area contributed by atoms with Gasteiger partial charge >= 0.3 is 0 Å². The van der Waals surface area contributed by atoms with Gasteiger partial charge in [-0.05, 0) is 24.1 Å². The third-order valence-corrected chi connectivity index (χ3v) is 2.80. The van der Waals surface area contributed by atoms with E-state index >= 15 is 0 Å². The Labute approximate surface area is 104 Å². The molecule has 90 valence electrons. The summed E-state index contributed by atoms with van der Waals surface area (Å²) in [7, 11) is 0. The summed E-state index contributed by atoms with van der Waals surface area (Å²) >= 11 is 0. The monoisotopic (exact) mass is 240 g/mol. The van der Waals surface area contributed by atoms with Crippen LogP contribution in [0.15, 0.2) is 58.6 Å². The zero-order chi connectivity index (χ0) is 13.0. The fraction of sp³-hybridized carbons (Fsp3) is 0.154. The van der Waals surface area contributed by atoms with Crippen molar-refractivity contribution < 1.29 is 0 Å². The first-order valence-corrected chi connectivity index (χ1v) is 5.54. The van der Waals surface area contributed by atoms with Gasteiger partial charge in [0.1, 0.15) is 0 Å². The van der Waals surface area contributed by atoms with Gasteiger partial charge in [0.25, 0.3) is 5.56 Å². The van der Waals surface area contributed by atoms with Gasteiger partial charge in [-0.25, -0.2) is 0 Å². The number of pyridine rings is 1. The van der Waals surface area contributed by atoms with Crippen molar-refractivity contribution in [1.29, 1.82) is 0 Å². The van der Waals surface area contributed by atoms with Crippen LogP contribution in [0, 0.1) is 0 Å². The second kappa shape index (κ2) is 5.21. The van der Waals surface area contributed by atoms with Crippen LogP contribution in [0.5, 0.6) is 0 Å². The topological polar surface area (TPSA) is 70.8 Å². The van der Waals surface area contributed by atoms with Gasteiger partial charge in [0.2, 0.25) is 0 Å². The highest BCUT2D eigenvalue weighted by molar-refractivity contribution is 5.39. The third-order valence-electron chi connectivity index (χ3n) is 2.80. The fourth-order valence-corrected chi connectivity index (χ4v) is 1.79. The predicted molar refractivity (Wildman–Crippen MR) is 69.8 cm³/mol. The van der Waals surface area contributed by atoms with E-state index in [0.717, 1.165) is 5.56 Å². The average Bonchev–Trinajstić information content (AvgIpc) is 2.40. The van der Waals surface area contributed by atoms with Crippen molar-refractivity contribution in [2.45, 2.75) is 13.0 Å². The van der Waals surface area contributed by atoms with E-state index in [4.69, 9.17) is 5.53 Å². The summed E-state index contributed by atoms with van der Waals surface area (Å²) in [6.45, 7) is 1.95. The first kappa shape index (κ1) is 12.0. The minimum absolute atomic E-state index is 0.0378. The van der Waals surface area contributed by atoms with Crippen LogP contribution >= 0.6 is 0 Å². The van der Waals surface area contributed by atoms with Crippen molar-refractivity contribution >= 4 is 5.69 Å². The van der Waals surface area contributed by atoms with Crippen LogP contribution in [0.1, 0.15) is 18.5 Å². The molecule has 0 aliphatic rings. The Morgan fingerprint density at radius 2 is 1.94 bits per heavy atom. The van der Waals surface area contributed by atoms with Crippen LogP contribution in [0.25, 0.3) is 10.4 Å². The molecule has 1 atom stereocenters. The van der Waals surface area contributed by atoms with E-state index in [1.165, 1.54) is 6.07 Å². The minimum Gasteiger partial charge on any atom is -0.308 e. The lowest BCUT2D eigenvalue weighted by atomic mass is 10.1. The lowest BCUT2D eigenvalue weighted by Crippen LogP contribution is -2.21. The largest absolute Gasteiger partial charge is 0.308 e. The van der Waals surface area contributed by atoms with E-state index in [1.54, 1.807) is 29.0 Å². The molecule has 0 saturated carbocycles. The van der Waals surface area contributed by atoms with Crippen molar-refractivity contribution in [3.8, 4) is 0 Å². The predicted octanol–water partition coefficient (Wildman–Crippen LogP) is 3.40. The van der Waals surface area contributed by atoms with Gasteiger partial charge in [0.05, 0.1) is 6.04 Å². The molecular formula is C13H12N4O. The molecule has 1 aromatic carbocycles. The number of nitrogens with zero attached hydrogens (tertiary/aromatic N) is 4. The van der Waals surface area contributed by atoms with E-state index in [1.807, 2.05) is 25.1 Å². The lowest BCUT2D eigenvalue weighted by Gasteiger charge is -2.15. The number of aromatic nitrogens is 1. The zero-order valence-corrected chi connectivity index (χ0v) is 9.89. The van der Waals surface area contributed by atoms with Crippen LogP contribution < -0.4 is 5.56 Å². The molecule has 1 aromatic heterocycles. The molecule has 0 fully saturated rings. The maximum atomic E-state index is 11.7. The molecule has 0 saturated heterocycles. The summed E-state index contributed by atoms with van der Waals surface area (Å²) in [5.74, 6) is 0. The van der Waals surface area contributed by atoms with E-state index in [-0.39, 0.29) is 11.6 Å². The summed E-state index contributed by atoms with van der Waals surface area (Å²) in [6.07, 6.45) is 1.76. The summed E-state index contributed by atoms with van der Waals surface area (Å²) < 4.78 is 1.66. The van der Waals surface area contributed by atoms with Crippen LogP contribution in [-0.2, 0) is 0 Å². The molecular weight excluding hydrogens is 228 g/mol. The van der Waals surface area contributed by atoms with Crippen molar-refractivity contribution in [1.82, 2.24) is 4.57 Å². The summed E-state index contributed by atoms with van der Waals surface area (Å²) in [6, 6.07) is 12.2. The van der Waals surface area contributed by atoms with E-state index in [9.17, 15) is 4.79 Å². The van der Waals surface area contributed by atoms with Crippen LogP contribution in [0.4, 0.5) is 5.69 Å². The number of hydrogen-bond acceptors (Lipinski definition) is 2. The number of benzene rings is 1. The van der Waals surface area contributed by atoms with Gasteiger partial charge in [0, 0.05) is 22.9 Å². The molecule has 18 heavy (non-hydrogen) atoms. The molecule has 0 bridgehead atoms. The molecule has 0 aliphatic heterocycles. The zero-order valence-electron chi connectivity index (χ0n) is 9.89. The lowest BCUT2D eigenvalue weighted by molar-refractivity contribution is 0.615. The molecule has 0 aliphatic carbocycles. The average molecular weight is 240 g/mol. The first-order chi connectivity index (χ1) is 8.72. The Morgan fingerprint density at radius 3 is 2.56 bits per heavy atom. The van der Waals surface area contributed by atoms with Gasteiger partial charge in [0.15, 0.2) is 0 Å². The highest BCUT2D eigenvalue weighted by atomic mass is 16.1. The maximum absolute atomic E-state index is 11.7. The quantitative estimate of drug-likeness (QED) is 0.460.